The Labute approximate surface area is 168 Å². The van der Waals surface area contributed by atoms with Crippen LogP contribution in [0.1, 0.15) is 21.6 Å². The standard InChI is InChI=1S/C22H22N2O5/c1-14-18(9-10-19(24-14)20-4-3-11-29-20)21(26)23-13-16(22(27)28-2)12-15-5-7-17(25)8-6-15/h3-11,16,25H,12-13H2,1-2H3,(H,23,26). The SMILES string of the molecule is COC(=O)C(CNC(=O)c1ccc(-c2ccco2)nc1C)Cc1ccc(O)cc1. The van der Waals surface area contributed by atoms with Gasteiger partial charge in [0.1, 0.15) is 11.4 Å². The molecule has 0 aliphatic heterocycles. The molecule has 29 heavy (non-hydrogen) atoms. The molecule has 1 unspecified atom stereocenters. The molecule has 0 aliphatic rings. The van der Waals surface area contributed by atoms with E-state index in [1.165, 1.54) is 7.11 Å². The maximum Gasteiger partial charge on any atom is 0.310 e. The van der Waals surface area contributed by atoms with E-state index in [1.54, 1.807) is 61.7 Å². The smallest absolute Gasteiger partial charge is 0.310 e. The Bertz CT molecular complexity index is 981. The summed E-state index contributed by atoms with van der Waals surface area (Å²) in [4.78, 5) is 29.2. The number of phenolic OH excluding ortho intramolecular Hbond substituents is 1. The number of ether oxygens (including phenoxy) is 1. The van der Waals surface area contributed by atoms with Gasteiger partial charge in [0.25, 0.3) is 5.91 Å². The summed E-state index contributed by atoms with van der Waals surface area (Å²) in [5.74, 6) is -0.511. The monoisotopic (exact) mass is 394 g/mol. The number of benzene rings is 1. The van der Waals surface area contributed by atoms with Crippen molar-refractivity contribution < 1.29 is 23.8 Å². The lowest BCUT2D eigenvalue weighted by atomic mass is 9.99. The minimum absolute atomic E-state index is 0.117. The molecule has 1 atom stereocenters. The van der Waals surface area contributed by atoms with Crippen LogP contribution in [0.15, 0.2) is 59.2 Å². The number of aromatic hydroxyl groups is 1. The van der Waals surface area contributed by atoms with Gasteiger partial charge in [0.2, 0.25) is 0 Å². The number of hydrogen-bond acceptors (Lipinski definition) is 6. The highest BCUT2D eigenvalue weighted by Crippen LogP contribution is 2.19. The van der Waals surface area contributed by atoms with Crippen molar-refractivity contribution in [3.8, 4) is 17.2 Å². The molecule has 2 N–H and O–H groups in total. The van der Waals surface area contributed by atoms with Crippen molar-refractivity contribution >= 4 is 11.9 Å². The average molecular weight is 394 g/mol. The Morgan fingerprint density at radius 3 is 2.55 bits per heavy atom. The quantitative estimate of drug-likeness (QED) is 0.597. The number of carbonyl (C=O) groups is 2. The van der Waals surface area contributed by atoms with Gasteiger partial charge in [-0.25, -0.2) is 4.98 Å². The molecule has 2 aromatic heterocycles. The van der Waals surface area contributed by atoms with E-state index in [0.29, 0.717) is 29.1 Å². The fourth-order valence-corrected chi connectivity index (χ4v) is 3.00. The maximum atomic E-state index is 12.6. The summed E-state index contributed by atoms with van der Waals surface area (Å²) in [5.41, 5.74) is 2.48. The predicted octanol–water partition coefficient (Wildman–Crippen LogP) is 3.12. The van der Waals surface area contributed by atoms with Crippen LogP contribution in [0.5, 0.6) is 5.75 Å². The zero-order chi connectivity index (χ0) is 20.8. The molecule has 0 radical (unpaired) electrons. The topological polar surface area (TPSA) is 102 Å². The summed E-state index contributed by atoms with van der Waals surface area (Å²) in [6, 6.07) is 13.5. The number of esters is 1. The Morgan fingerprint density at radius 2 is 1.93 bits per heavy atom. The van der Waals surface area contributed by atoms with Crippen LogP contribution >= 0.6 is 0 Å². The second-order valence-corrected chi connectivity index (χ2v) is 6.61. The van der Waals surface area contributed by atoms with Gasteiger partial charge in [-0.05, 0) is 55.3 Å². The summed E-state index contributed by atoms with van der Waals surface area (Å²) < 4.78 is 10.2. The minimum atomic E-state index is -0.552. The van der Waals surface area contributed by atoms with Gasteiger partial charge in [0.05, 0.1) is 30.5 Å². The van der Waals surface area contributed by atoms with E-state index in [-0.39, 0.29) is 18.2 Å². The number of nitrogens with zero attached hydrogens (tertiary/aromatic N) is 1. The number of methoxy groups -OCH3 is 1. The molecular weight excluding hydrogens is 372 g/mol. The lowest BCUT2D eigenvalue weighted by Crippen LogP contribution is -2.35. The van der Waals surface area contributed by atoms with Crippen LogP contribution < -0.4 is 5.32 Å². The van der Waals surface area contributed by atoms with E-state index in [0.717, 1.165) is 5.56 Å². The van der Waals surface area contributed by atoms with Crippen molar-refractivity contribution in [3.05, 3.63) is 71.6 Å². The Kier molecular flexibility index (Phi) is 6.29. The van der Waals surface area contributed by atoms with Gasteiger partial charge in [0, 0.05) is 6.54 Å². The fraction of sp³-hybridized carbons (Fsp3) is 0.227. The number of amides is 1. The number of hydrogen-bond donors (Lipinski definition) is 2. The van der Waals surface area contributed by atoms with Crippen LogP contribution in [0.4, 0.5) is 0 Å². The summed E-state index contributed by atoms with van der Waals surface area (Å²) >= 11 is 0. The highest BCUT2D eigenvalue weighted by molar-refractivity contribution is 5.95. The zero-order valence-corrected chi connectivity index (χ0v) is 16.2. The molecule has 0 spiro atoms. The molecule has 1 aromatic carbocycles. The Hall–Kier alpha value is -3.61. The van der Waals surface area contributed by atoms with Gasteiger partial charge in [-0.2, -0.15) is 0 Å². The lowest BCUT2D eigenvalue weighted by molar-refractivity contribution is -0.145. The molecule has 0 saturated carbocycles. The molecule has 0 fully saturated rings. The molecule has 0 saturated heterocycles. The third-order valence-corrected chi connectivity index (χ3v) is 4.57. The van der Waals surface area contributed by atoms with E-state index in [4.69, 9.17) is 9.15 Å². The summed E-state index contributed by atoms with van der Waals surface area (Å²) in [6.07, 6.45) is 1.94. The van der Waals surface area contributed by atoms with Gasteiger partial charge in [-0.1, -0.05) is 12.1 Å². The fourth-order valence-electron chi connectivity index (χ4n) is 3.00. The van der Waals surface area contributed by atoms with Crippen LogP contribution in [0.3, 0.4) is 0 Å². The van der Waals surface area contributed by atoms with Crippen LogP contribution in [0, 0.1) is 12.8 Å². The third-order valence-electron chi connectivity index (χ3n) is 4.57. The first-order chi connectivity index (χ1) is 14.0. The lowest BCUT2D eigenvalue weighted by Gasteiger charge is -2.16. The van der Waals surface area contributed by atoms with Crippen LogP contribution in [0.2, 0.25) is 0 Å². The minimum Gasteiger partial charge on any atom is -0.508 e. The van der Waals surface area contributed by atoms with Gasteiger partial charge in [-0.3, -0.25) is 9.59 Å². The number of phenols is 1. The highest BCUT2D eigenvalue weighted by atomic mass is 16.5. The first-order valence-corrected chi connectivity index (χ1v) is 9.13. The van der Waals surface area contributed by atoms with Gasteiger partial charge >= 0.3 is 5.97 Å². The van der Waals surface area contributed by atoms with Gasteiger partial charge < -0.3 is 19.6 Å². The first kappa shape index (κ1) is 20.1. The summed E-state index contributed by atoms with van der Waals surface area (Å²) in [6.45, 7) is 1.86. The number of furan rings is 1. The number of pyridine rings is 1. The molecule has 0 aliphatic carbocycles. The van der Waals surface area contributed by atoms with Crippen molar-refractivity contribution in [1.29, 1.82) is 0 Å². The van der Waals surface area contributed by atoms with E-state index >= 15 is 0 Å². The largest absolute Gasteiger partial charge is 0.508 e. The average Bonchev–Trinajstić information content (AvgIpc) is 3.26. The highest BCUT2D eigenvalue weighted by Gasteiger charge is 2.22. The molecule has 1 amide bonds. The van der Waals surface area contributed by atoms with Crippen molar-refractivity contribution in [1.82, 2.24) is 10.3 Å². The van der Waals surface area contributed by atoms with Crippen molar-refractivity contribution in [2.45, 2.75) is 13.3 Å². The van der Waals surface area contributed by atoms with Crippen LogP contribution in [0.25, 0.3) is 11.5 Å². The number of aromatic nitrogens is 1. The summed E-state index contributed by atoms with van der Waals surface area (Å²) in [7, 11) is 1.31. The van der Waals surface area contributed by atoms with E-state index < -0.39 is 11.9 Å². The predicted molar refractivity (Wildman–Crippen MR) is 106 cm³/mol. The van der Waals surface area contributed by atoms with Crippen molar-refractivity contribution in [3.63, 3.8) is 0 Å². The third kappa shape index (κ3) is 5.01. The van der Waals surface area contributed by atoms with E-state index in [9.17, 15) is 14.7 Å². The Balaban J connectivity index is 1.68. The number of nitrogens with one attached hydrogen (secondary N) is 1. The number of aryl methyl sites for hydroxylation is 1. The van der Waals surface area contributed by atoms with Gasteiger partial charge in [0.15, 0.2) is 5.76 Å². The van der Waals surface area contributed by atoms with Crippen LogP contribution in [-0.4, -0.2) is 35.6 Å². The summed E-state index contributed by atoms with van der Waals surface area (Å²) in [5, 5.41) is 12.2. The van der Waals surface area contributed by atoms with Gasteiger partial charge in [-0.15, -0.1) is 0 Å². The second-order valence-electron chi connectivity index (χ2n) is 6.61. The molecule has 3 aromatic rings. The number of rotatable bonds is 7. The molecule has 3 rings (SSSR count). The molecular formula is C22H22N2O5. The van der Waals surface area contributed by atoms with E-state index in [2.05, 4.69) is 10.3 Å². The first-order valence-electron chi connectivity index (χ1n) is 9.13. The zero-order valence-electron chi connectivity index (χ0n) is 16.2. The van der Waals surface area contributed by atoms with Crippen molar-refractivity contribution in [2.24, 2.45) is 5.92 Å². The Morgan fingerprint density at radius 1 is 1.17 bits per heavy atom. The van der Waals surface area contributed by atoms with Crippen molar-refractivity contribution in [2.75, 3.05) is 13.7 Å². The molecule has 7 nitrogen and oxygen atoms in total. The van der Waals surface area contributed by atoms with E-state index in [1.807, 2.05) is 0 Å². The molecule has 0 bridgehead atoms. The number of carbonyl (C=O) groups excluding carboxylic acids is 2. The molecule has 7 heteroatoms. The molecule has 150 valence electrons. The second kappa shape index (κ2) is 9.05. The maximum absolute atomic E-state index is 12.6. The normalized spacial score (nSPS) is 11.7. The van der Waals surface area contributed by atoms with Crippen LogP contribution in [-0.2, 0) is 16.0 Å². The molecule has 2 heterocycles.